The highest BCUT2D eigenvalue weighted by molar-refractivity contribution is 6.73. The largest absolute Gasteiger partial charge is 0.355 e. The van der Waals surface area contributed by atoms with E-state index in [4.69, 9.17) is 0 Å². The van der Waals surface area contributed by atoms with Gasteiger partial charge >= 0.3 is 0 Å². The molecular weight excluding hydrogens is 820 g/mol. The monoisotopic (exact) mass is 885 g/mol. The molecule has 338 valence electrons. The summed E-state index contributed by atoms with van der Waals surface area (Å²) in [6, 6.07) is 64.0. The van der Waals surface area contributed by atoms with Crippen LogP contribution in [0.15, 0.2) is 170 Å². The zero-order valence-electron chi connectivity index (χ0n) is 41.6. The van der Waals surface area contributed by atoms with Crippen molar-refractivity contribution >= 4 is 46.6 Å². The molecule has 1 N–H and O–H groups in total. The second-order valence-electron chi connectivity index (χ2n) is 22.8. The smallest absolute Gasteiger partial charge is 0.198 e. The van der Waals surface area contributed by atoms with Crippen molar-refractivity contribution in [2.75, 3.05) is 10.2 Å². The minimum atomic E-state index is 0.0280. The molecule has 3 aliphatic rings. The van der Waals surface area contributed by atoms with Crippen LogP contribution in [0.2, 0.25) is 0 Å². The van der Waals surface area contributed by atoms with Gasteiger partial charge in [-0.1, -0.05) is 176 Å². The number of rotatable bonds is 7. The van der Waals surface area contributed by atoms with Crippen LogP contribution in [0, 0.1) is 6.92 Å². The minimum Gasteiger partial charge on any atom is -0.355 e. The molecule has 0 amide bonds. The number of hydrogen-bond donors (Lipinski definition) is 1. The Balaban J connectivity index is 1.19. The zero-order valence-corrected chi connectivity index (χ0v) is 41.6. The standard InChI is InChI=1S/C65H65BN2/c1-42-35-47(44-21-15-11-16-22-44)27-30-58(42)68-59-41-55-53(63(4,5)32-34-65(55,8)9)39-56(59)66-61-51(36-48(37-60(61)68)45-23-17-12-18-24-45)50-38-52-54(64(6,7)33-31-62(52,2)3)40-57(50)67-49-28-25-46(26-29-49)43-19-13-10-14-20-43/h10-30,35-41,66-67H,31-34H2,1-9H3. The van der Waals surface area contributed by atoms with Crippen molar-refractivity contribution in [3.8, 4) is 44.5 Å². The molecule has 0 saturated heterocycles. The van der Waals surface area contributed by atoms with Gasteiger partial charge in [0.05, 0.1) is 0 Å². The Morgan fingerprint density at radius 3 is 1.43 bits per heavy atom. The second-order valence-corrected chi connectivity index (χ2v) is 22.8. The van der Waals surface area contributed by atoms with Crippen LogP contribution in [0.5, 0.6) is 0 Å². The average Bonchev–Trinajstić information content (AvgIpc) is 3.34. The molecule has 8 aromatic carbocycles. The second kappa shape index (κ2) is 16.3. The van der Waals surface area contributed by atoms with Gasteiger partial charge in [0.1, 0.15) is 0 Å². The summed E-state index contributed by atoms with van der Waals surface area (Å²) in [4.78, 5) is 2.65. The maximum absolute atomic E-state index is 4.07. The minimum absolute atomic E-state index is 0.0280. The van der Waals surface area contributed by atoms with Crippen molar-refractivity contribution in [1.29, 1.82) is 0 Å². The molecule has 2 aliphatic carbocycles. The van der Waals surface area contributed by atoms with E-state index in [2.05, 4.69) is 242 Å². The molecule has 2 nitrogen and oxygen atoms in total. The molecule has 0 radical (unpaired) electrons. The lowest BCUT2D eigenvalue weighted by atomic mass is 9.54. The van der Waals surface area contributed by atoms with Gasteiger partial charge in [0.15, 0.2) is 7.28 Å². The van der Waals surface area contributed by atoms with Gasteiger partial charge in [0.2, 0.25) is 0 Å². The summed E-state index contributed by atoms with van der Waals surface area (Å²) < 4.78 is 0. The van der Waals surface area contributed by atoms with Crippen molar-refractivity contribution in [3.05, 3.63) is 198 Å². The van der Waals surface area contributed by atoms with Crippen LogP contribution in [-0.4, -0.2) is 7.28 Å². The van der Waals surface area contributed by atoms with Gasteiger partial charge in [0, 0.05) is 34.0 Å². The van der Waals surface area contributed by atoms with Crippen LogP contribution < -0.4 is 21.1 Å². The van der Waals surface area contributed by atoms with Gasteiger partial charge in [-0.05, 0) is 181 Å². The van der Waals surface area contributed by atoms with Gasteiger partial charge in [-0.15, -0.1) is 0 Å². The van der Waals surface area contributed by atoms with Gasteiger partial charge in [-0.3, -0.25) is 0 Å². The highest BCUT2D eigenvalue weighted by Crippen LogP contribution is 2.52. The maximum Gasteiger partial charge on any atom is 0.198 e. The van der Waals surface area contributed by atoms with Gasteiger partial charge in [-0.2, -0.15) is 0 Å². The lowest BCUT2D eigenvalue weighted by Gasteiger charge is -2.44. The van der Waals surface area contributed by atoms with E-state index in [-0.39, 0.29) is 21.7 Å². The molecule has 8 aromatic rings. The third-order valence-corrected chi connectivity index (χ3v) is 16.3. The van der Waals surface area contributed by atoms with Crippen LogP contribution in [0.3, 0.4) is 0 Å². The fraction of sp³-hybridized carbons (Fsp3) is 0.262. The first kappa shape index (κ1) is 44.0. The summed E-state index contributed by atoms with van der Waals surface area (Å²) in [5.41, 5.74) is 26.1. The molecule has 3 heteroatoms. The molecule has 0 unspecified atom stereocenters. The average molecular weight is 885 g/mol. The van der Waals surface area contributed by atoms with Crippen molar-refractivity contribution in [1.82, 2.24) is 0 Å². The lowest BCUT2D eigenvalue weighted by Crippen LogP contribution is -2.44. The van der Waals surface area contributed by atoms with E-state index < -0.39 is 0 Å². The molecule has 0 bridgehead atoms. The Kier molecular flexibility index (Phi) is 10.5. The Morgan fingerprint density at radius 2 is 0.868 bits per heavy atom. The van der Waals surface area contributed by atoms with Gasteiger partial charge < -0.3 is 10.2 Å². The fourth-order valence-electron chi connectivity index (χ4n) is 11.8. The molecule has 0 fully saturated rings. The predicted octanol–water partition coefficient (Wildman–Crippen LogP) is 16.3. The fourth-order valence-corrected chi connectivity index (χ4v) is 11.8. The normalized spacial score (nSPS) is 16.9. The molecule has 1 heterocycles. The van der Waals surface area contributed by atoms with Crippen LogP contribution in [0.25, 0.3) is 44.5 Å². The van der Waals surface area contributed by atoms with E-state index >= 15 is 0 Å². The third kappa shape index (κ3) is 7.69. The summed E-state index contributed by atoms with van der Waals surface area (Å²) in [6.45, 7) is 22.0. The van der Waals surface area contributed by atoms with E-state index in [1.807, 2.05) is 0 Å². The number of fused-ring (bicyclic) bond motifs is 4. The summed E-state index contributed by atoms with van der Waals surface area (Å²) in [5.74, 6) is 0. The lowest BCUT2D eigenvalue weighted by molar-refractivity contribution is 0.332. The summed E-state index contributed by atoms with van der Waals surface area (Å²) >= 11 is 0. The van der Waals surface area contributed by atoms with E-state index in [0.29, 0.717) is 0 Å². The van der Waals surface area contributed by atoms with Crippen LogP contribution in [0.1, 0.15) is 109 Å². The van der Waals surface area contributed by atoms with E-state index in [1.54, 1.807) is 0 Å². The van der Waals surface area contributed by atoms with Crippen LogP contribution >= 0.6 is 0 Å². The zero-order chi connectivity index (χ0) is 47.2. The number of nitrogens with zero attached hydrogens (tertiary/aromatic N) is 1. The van der Waals surface area contributed by atoms with Gasteiger partial charge in [-0.25, -0.2) is 0 Å². The van der Waals surface area contributed by atoms with Crippen molar-refractivity contribution in [2.24, 2.45) is 0 Å². The Bertz CT molecular complexity index is 3210. The van der Waals surface area contributed by atoms with Crippen molar-refractivity contribution in [3.63, 3.8) is 0 Å². The Morgan fingerprint density at radius 1 is 0.397 bits per heavy atom. The molecule has 68 heavy (non-hydrogen) atoms. The quantitative estimate of drug-likeness (QED) is 0.160. The first-order valence-electron chi connectivity index (χ1n) is 25.0. The Hall–Kier alpha value is -6.58. The number of aryl methyl sites for hydroxylation is 1. The number of hydrogen-bond acceptors (Lipinski definition) is 2. The van der Waals surface area contributed by atoms with E-state index in [0.717, 1.165) is 31.5 Å². The third-order valence-electron chi connectivity index (χ3n) is 16.3. The molecule has 0 saturated carbocycles. The highest BCUT2D eigenvalue weighted by atomic mass is 15.2. The molecule has 11 rings (SSSR count). The molecule has 0 spiro atoms. The first-order chi connectivity index (χ1) is 32.6. The molecule has 0 atom stereocenters. The molecule has 0 aromatic heterocycles. The van der Waals surface area contributed by atoms with Crippen LogP contribution in [-0.2, 0) is 21.7 Å². The molecule has 1 aliphatic heterocycles. The summed E-state index contributed by atoms with van der Waals surface area (Å²) in [7, 11) is 0.841. The topological polar surface area (TPSA) is 15.3 Å². The summed E-state index contributed by atoms with van der Waals surface area (Å²) in [5, 5.41) is 4.07. The van der Waals surface area contributed by atoms with Crippen LogP contribution in [0.4, 0.5) is 28.4 Å². The van der Waals surface area contributed by atoms with Crippen molar-refractivity contribution < 1.29 is 0 Å². The SMILES string of the molecule is Cc1cc(-c2ccccc2)ccc1N1c2cc3c(cc2Bc2c(-c4cc5c(cc4Nc4ccc(-c6ccccc6)cc4)C(C)(C)CCC5(C)C)cc(-c4ccccc4)cc21)C(C)(C)CCC3(C)C. The predicted molar refractivity (Wildman–Crippen MR) is 294 cm³/mol. The number of benzene rings is 8. The highest BCUT2D eigenvalue weighted by Gasteiger charge is 2.41. The number of nitrogens with one attached hydrogen (secondary N) is 1. The first-order valence-corrected chi connectivity index (χ1v) is 25.0. The van der Waals surface area contributed by atoms with E-state index in [1.165, 1.54) is 113 Å². The maximum atomic E-state index is 4.07. The van der Waals surface area contributed by atoms with E-state index in [9.17, 15) is 0 Å². The Labute approximate surface area is 406 Å². The number of anilines is 5. The van der Waals surface area contributed by atoms with Gasteiger partial charge in [0.25, 0.3) is 0 Å². The summed E-state index contributed by atoms with van der Waals surface area (Å²) in [6.07, 6.45) is 4.66. The molecular formula is C65H65BN2. The van der Waals surface area contributed by atoms with Crippen molar-refractivity contribution in [2.45, 2.75) is 110 Å².